The van der Waals surface area contributed by atoms with E-state index in [4.69, 9.17) is 16.3 Å². The maximum Gasteiger partial charge on any atom is 0.418 e. The molecule has 0 aliphatic rings. The molecule has 0 aliphatic carbocycles. The van der Waals surface area contributed by atoms with Crippen LogP contribution in [0.25, 0.3) is 0 Å². The molecule has 1 N–H and O–H groups in total. The summed E-state index contributed by atoms with van der Waals surface area (Å²) in [6.07, 6.45) is -4.08. The van der Waals surface area contributed by atoms with Gasteiger partial charge in [0, 0.05) is 11.4 Å². The average Bonchev–Trinajstić information content (AvgIpc) is 2.53. The first-order chi connectivity index (χ1) is 11.4. The fraction of sp³-hybridized carbons (Fsp3) is 0.235. The Balaban J connectivity index is 1.81. The van der Waals surface area contributed by atoms with Crippen LogP contribution in [0.1, 0.15) is 18.4 Å². The van der Waals surface area contributed by atoms with Crippen LogP contribution < -0.4 is 10.1 Å². The number of para-hydroxylation sites is 1. The van der Waals surface area contributed by atoms with Crippen LogP contribution in [-0.2, 0) is 11.0 Å². The van der Waals surface area contributed by atoms with Gasteiger partial charge in [0.25, 0.3) is 0 Å². The van der Waals surface area contributed by atoms with Crippen molar-refractivity contribution in [2.24, 2.45) is 0 Å². The maximum absolute atomic E-state index is 12.8. The zero-order valence-electron chi connectivity index (χ0n) is 12.6. The first kappa shape index (κ1) is 18.1. The van der Waals surface area contributed by atoms with Crippen molar-refractivity contribution in [2.45, 2.75) is 19.0 Å². The SMILES string of the molecule is O=C(CCCOc1ccc(Cl)cc1)Nc1ccccc1C(F)(F)F. The van der Waals surface area contributed by atoms with Crippen molar-refractivity contribution in [1.29, 1.82) is 0 Å². The van der Waals surface area contributed by atoms with E-state index in [2.05, 4.69) is 5.32 Å². The normalized spacial score (nSPS) is 11.2. The van der Waals surface area contributed by atoms with Crippen molar-refractivity contribution >= 4 is 23.2 Å². The second-order valence-electron chi connectivity index (χ2n) is 5.00. The van der Waals surface area contributed by atoms with Crippen LogP contribution in [0.5, 0.6) is 5.75 Å². The Labute approximate surface area is 142 Å². The topological polar surface area (TPSA) is 38.3 Å². The number of nitrogens with one attached hydrogen (secondary N) is 1. The summed E-state index contributed by atoms with van der Waals surface area (Å²) in [4.78, 5) is 11.8. The predicted octanol–water partition coefficient (Wildman–Crippen LogP) is 5.16. The van der Waals surface area contributed by atoms with E-state index in [1.807, 2.05) is 0 Å². The summed E-state index contributed by atoms with van der Waals surface area (Å²) in [5.74, 6) is 0.119. The molecule has 0 unspecified atom stereocenters. The Morgan fingerprint density at radius 3 is 2.42 bits per heavy atom. The zero-order chi connectivity index (χ0) is 17.6. The summed E-state index contributed by atoms with van der Waals surface area (Å²) in [7, 11) is 0. The molecular weight excluding hydrogens is 343 g/mol. The van der Waals surface area contributed by atoms with E-state index in [0.717, 1.165) is 6.07 Å². The fourth-order valence-electron chi connectivity index (χ4n) is 2.01. The lowest BCUT2D eigenvalue weighted by atomic mass is 10.1. The van der Waals surface area contributed by atoms with Gasteiger partial charge in [-0.25, -0.2) is 0 Å². The summed E-state index contributed by atoms with van der Waals surface area (Å²) in [5, 5.41) is 2.88. The van der Waals surface area contributed by atoms with Crippen LogP contribution in [-0.4, -0.2) is 12.5 Å². The Kier molecular flexibility index (Phi) is 6.09. The van der Waals surface area contributed by atoms with Crippen LogP contribution in [0.3, 0.4) is 0 Å². The van der Waals surface area contributed by atoms with Crippen molar-refractivity contribution in [3.8, 4) is 5.75 Å². The molecule has 2 aromatic rings. The van der Waals surface area contributed by atoms with E-state index in [1.165, 1.54) is 18.2 Å². The van der Waals surface area contributed by atoms with Gasteiger partial charge in [0.2, 0.25) is 5.91 Å². The third-order valence-corrected chi connectivity index (χ3v) is 3.39. The smallest absolute Gasteiger partial charge is 0.418 e. The van der Waals surface area contributed by atoms with Gasteiger partial charge in [0.1, 0.15) is 5.75 Å². The van der Waals surface area contributed by atoms with E-state index < -0.39 is 17.6 Å². The fourth-order valence-corrected chi connectivity index (χ4v) is 2.13. The standard InChI is InChI=1S/C17H15ClF3NO2/c18-12-7-9-13(10-8-12)24-11-3-6-16(23)22-15-5-2-1-4-14(15)17(19,20)21/h1-2,4-5,7-10H,3,6,11H2,(H,22,23). The molecule has 128 valence electrons. The minimum atomic E-state index is -4.51. The molecule has 2 aromatic carbocycles. The van der Waals surface area contributed by atoms with Crippen molar-refractivity contribution in [2.75, 3.05) is 11.9 Å². The molecule has 0 saturated carbocycles. The molecule has 0 aliphatic heterocycles. The molecule has 24 heavy (non-hydrogen) atoms. The molecule has 2 rings (SSSR count). The number of rotatable bonds is 6. The van der Waals surface area contributed by atoms with E-state index in [-0.39, 0.29) is 18.7 Å². The van der Waals surface area contributed by atoms with E-state index in [9.17, 15) is 18.0 Å². The Morgan fingerprint density at radius 2 is 1.75 bits per heavy atom. The summed E-state index contributed by atoms with van der Waals surface area (Å²) < 4.78 is 43.9. The van der Waals surface area contributed by atoms with Gasteiger partial charge in [-0.3, -0.25) is 4.79 Å². The number of amides is 1. The molecule has 0 spiro atoms. The average molecular weight is 358 g/mol. The molecule has 1 amide bonds. The first-order valence-electron chi connectivity index (χ1n) is 7.21. The first-order valence-corrected chi connectivity index (χ1v) is 7.58. The highest BCUT2D eigenvalue weighted by Gasteiger charge is 2.33. The second kappa shape index (κ2) is 8.06. The highest BCUT2D eigenvalue weighted by atomic mass is 35.5. The highest BCUT2D eigenvalue weighted by molar-refractivity contribution is 6.30. The van der Waals surface area contributed by atoms with Crippen LogP contribution in [0, 0.1) is 0 Å². The van der Waals surface area contributed by atoms with Gasteiger partial charge in [0.05, 0.1) is 17.9 Å². The van der Waals surface area contributed by atoms with Crippen LogP contribution >= 0.6 is 11.6 Å². The number of alkyl halides is 3. The Bertz CT molecular complexity index is 687. The van der Waals surface area contributed by atoms with Gasteiger partial charge in [0.15, 0.2) is 0 Å². The molecule has 0 atom stereocenters. The molecule has 0 bridgehead atoms. The lowest BCUT2D eigenvalue weighted by molar-refractivity contribution is -0.137. The van der Waals surface area contributed by atoms with Gasteiger partial charge in [-0.2, -0.15) is 13.2 Å². The second-order valence-corrected chi connectivity index (χ2v) is 5.43. The van der Waals surface area contributed by atoms with Crippen LogP contribution in [0.2, 0.25) is 5.02 Å². The van der Waals surface area contributed by atoms with E-state index >= 15 is 0 Å². The summed E-state index contributed by atoms with van der Waals surface area (Å²) in [6, 6.07) is 11.6. The number of carbonyl (C=O) groups excluding carboxylic acids is 1. The number of carbonyl (C=O) groups is 1. The third kappa shape index (κ3) is 5.45. The van der Waals surface area contributed by atoms with E-state index in [0.29, 0.717) is 17.2 Å². The summed E-state index contributed by atoms with van der Waals surface area (Å²) in [5.41, 5.74) is -1.11. The van der Waals surface area contributed by atoms with Crippen LogP contribution in [0.15, 0.2) is 48.5 Å². The third-order valence-electron chi connectivity index (χ3n) is 3.14. The van der Waals surface area contributed by atoms with Gasteiger partial charge >= 0.3 is 6.18 Å². The molecule has 0 heterocycles. The molecule has 0 aromatic heterocycles. The largest absolute Gasteiger partial charge is 0.494 e. The number of anilines is 1. The lowest BCUT2D eigenvalue weighted by Crippen LogP contribution is -2.17. The van der Waals surface area contributed by atoms with Crippen LogP contribution in [0.4, 0.5) is 18.9 Å². The predicted molar refractivity (Wildman–Crippen MR) is 86.3 cm³/mol. The maximum atomic E-state index is 12.8. The molecule has 0 radical (unpaired) electrons. The molecular formula is C17H15ClF3NO2. The monoisotopic (exact) mass is 357 g/mol. The van der Waals surface area contributed by atoms with Crippen molar-refractivity contribution in [1.82, 2.24) is 0 Å². The van der Waals surface area contributed by atoms with Gasteiger partial charge in [-0.15, -0.1) is 0 Å². The number of ether oxygens (including phenoxy) is 1. The van der Waals surface area contributed by atoms with Gasteiger partial charge in [-0.05, 0) is 42.8 Å². The summed E-state index contributed by atoms with van der Waals surface area (Å²) >= 11 is 5.75. The zero-order valence-corrected chi connectivity index (χ0v) is 13.3. The Hall–Kier alpha value is -2.21. The van der Waals surface area contributed by atoms with Gasteiger partial charge < -0.3 is 10.1 Å². The summed E-state index contributed by atoms with van der Waals surface area (Å²) in [6.45, 7) is 0.274. The van der Waals surface area contributed by atoms with Crippen molar-refractivity contribution in [3.05, 3.63) is 59.1 Å². The number of hydrogen-bond donors (Lipinski definition) is 1. The number of benzene rings is 2. The van der Waals surface area contributed by atoms with Crippen molar-refractivity contribution in [3.63, 3.8) is 0 Å². The van der Waals surface area contributed by atoms with E-state index in [1.54, 1.807) is 24.3 Å². The molecule has 0 saturated heterocycles. The molecule has 3 nitrogen and oxygen atoms in total. The molecule has 0 fully saturated rings. The Morgan fingerprint density at radius 1 is 1.08 bits per heavy atom. The van der Waals surface area contributed by atoms with Gasteiger partial charge in [-0.1, -0.05) is 23.7 Å². The number of hydrogen-bond acceptors (Lipinski definition) is 2. The minimum Gasteiger partial charge on any atom is -0.494 e. The number of halogens is 4. The molecule has 7 heteroatoms. The quantitative estimate of drug-likeness (QED) is 0.725. The minimum absolute atomic E-state index is 0.0553. The highest BCUT2D eigenvalue weighted by Crippen LogP contribution is 2.34. The van der Waals surface area contributed by atoms with Crippen molar-refractivity contribution < 1.29 is 22.7 Å². The lowest BCUT2D eigenvalue weighted by Gasteiger charge is -2.13.